The summed E-state index contributed by atoms with van der Waals surface area (Å²) in [5, 5.41) is 3.23. The molecule has 3 rings (SSSR count). The standard InChI is InChI=1S/C17H20N2O2/c1-11-7-8-12(2)15(9-11)18-10-19-16(20)13-5-3-4-6-14(13)17(19)21/h3-4,7-9,13-14,18H,5-6,10H2,1-2H3. The number of rotatable bonds is 3. The lowest BCUT2D eigenvalue weighted by atomic mass is 9.85. The Hall–Kier alpha value is -2.10. The van der Waals surface area contributed by atoms with E-state index in [4.69, 9.17) is 0 Å². The molecular formula is C17H20N2O2. The van der Waals surface area contributed by atoms with Gasteiger partial charge < -0.3 is 5.32 Å². The van der Waals surface area contributed by atoms with Crippen LogP contribution in [0.5, 0.6) is 0 Å². The molecule has 0 radical (unpaired) electrons. The van der Waals surface area contributed by atoms with Gasteiger partial charge in [-0.1, -0.05) is 24.3 Å². The maximum atomic E-state index is 12.4. The smallest absolute Gasteiger partial charge is 0.234 e. The Bertz CT molecular complexity index is 595. The summed E-state index contributed by atoms with van der Waals surface area (Å²) >= 11 is 0. The van der Waals surface area contributed by atoms with Gasteiger partial charge in [-0.25, -0.2) is 0 Å². The Kier molecular flexibility index (Phi) is 3.53. The molecule has 2 amide bonds. The zero-order chi connectivity index (χ0) is 15.0. The van der Waals surface area contributed by atoms with Gasteiger partial charge in [0.2, 0.25) is 11.8 Å². The van der Waals surface area contributed by atoms with Crippen LogP contribution in [0.1, 0.15) is 24.0 Å². The van der Waals surface area contributed by atoms with Crippen molar-refractivity contribution in [2.75, 3.05) is 12.0 Å². The number of aryl methyl sites for hydroxylation is 2. The van der Waals surface area contributed by atoms with Gasteiger partial charge in [0.05, 0.1) is 18.5 Å². The highest BCUT2D eigenvalue weighted by Crippen LogP contribution is 2.34. The summed E-state index contributed by atoms with van der Waals surface area (Å²) in [6.07, 6.45) is 5.40. The summed E-state index contributed by atoms with van der Waals surface area (Å²) in [4.78, 5) is 26.1. The molecule has 0 aromatic heterocycles. The van der Waals surface area contributed by atoms with E-state index in [1.807, 2.05) is 44.2 Å². The average molecular weight is 284 g/mol. The average Bonchev–Trinajstić information content (AvgIpc) is 2.73. The number of fused-ring (bicyclic) bond motifs is 1. The van der Waals surface area contributed by atoms with E-state index in [2.05, 4.69) is 5.32 Å². The fourth-order valence-electron chi connectivity index (χ4n) is 3.12. The third-order valence-corrected chi connectivity index (χ3v) is 4.42. The first kappa shape index (κ1) is 13.9. The number of likely N-dealkylation sites (tertiary alicyclic amines) is 1. The SMILES string of the molecule is Cc1ccc(C)c(NCN2C(=O)C3CC=CCC3C2=O)c1. The van der Waals surface area contributed by atoms with E-state index < -0.39 is 0 Å². The van der Waals surface area contributed by atoms with Gasteiger partial charge in [-0.3, -0.25) is 14.5 Å². The molecule has 21 heavy (non-hydrogen) atoms. The summed E-state index contributed by atoms with van der Waals surface area (Å²) in [5.41, 5.74) is 3.24. The van der Waals surface area contributed by atoms with Gasteiger partial charge in [0.1, 0.15) is 0 Å². The Balaban J connectivity index is 1.72. The van der Waals surface area contributed by atoms with Gasteiger partial charge in [-0.15, -0.1) is 0 Å². The minimum Gasteiger partial charge on any atom is -0.367 e. The summed E-state index contributed by atoms with van der Waals surface area (Å²) in [6.45, 7) is 4.30. The second-order valence-electron chi connectivity index (χ2n) is 5.91. The highest BCUT2D eigenvalue weighted by Gasteiger charge is 2.46. The van der Waals surface area contributed by atoms with E-state index in [1.54, 1.807) is 0 Å². The number of allylic oxidation sites excluding steroid dienone is 2. The van der Waals surface area contributed by atoms with Crippen LogP contribution in [-0.4, -0.2) is 23.4 Å². The number of carbonyl (C=O) groups excluding carboxylic acids is 2. The van der Waals surface area contributed by atoms with Crippen molar-refractivity contribution >= 4 is 17.5 Å². The maximum Gasteiger partial charge on any atom is 0.234 e. The Morgan fingerprint density at radius 1 is 1.10 bits per heavy atom. The van der Waals surface area contributed by atoms with Crippen LogP contribution in [-0.2, 0) is 9.59 Å². The molecule has 0 spiro atoms. The second-order valence-corrected chi connectivity index (χ2v) is 5.91. The number of imide groups is 1. The van der Waals surface area contributed by atoms with Gasteiger partial charge in [0, 0.05) is 5.69 Å². The second kappa shape index (κ2) is 5.35. The van der Waals surface area contributed by atoms with Crippen LogP contribution >= 0.6 is 0 Å². The van der Waals surface area contributed by atoms with Crippen LogP contribution in [0.25, 0.3) is 0 Å². The minimum absolute atomic E-state index is 0.0350. The molecule has 0 bridgehead atoms. The van der Waals surface area contributed by atoms with Crippen molar-refractivity contribution in [3.05, 3.63) is 41.5 Å². The van der Waals surface area contributed by atoms with Crippen LogP contribution in [0, 0.1) is 25.7 Å². The molecule has 1 aromatic carbocycles. The summed E-state index contributed by atoms with van der Waals surface area (Å²) in [6, 6.07) is 6.12. The topological polar surface area (TPSA) is 49.4 Å². The lowest BCUT2D eigenvalue weighted by Crippen LogP contribution is -2.35. The third kappa shape index (κ3) is 2.46. The van der Waals surface area contributed by atoms with E-state index in [0.717, 1.165) is 16.8 Å². The number of anilines is 1. The van der Waals surface area contributed by atoms with Crippen molar-refractivity contribution < 1.29 is 9.59 Å². The molecule has 110 valence electrons. The molecule has 1 fully saturated rings. The zero-order valence-electron chi connectivity index (χ0n) is 12.4. The van der Waals surface area contributed by atoms with Crippen molar-refractivity contribution in [3.63, 3.8) is 0 Å². The lowest BCUT2D eigenvalue weighted by molar-refractivity contribution is -0.139. The molecule has 1 saturated heterocycles. The number of carbonyl (C=O) groups is 2. The molecule has 1 aromatic rings. The van der Waals surface area contributed by atoms with E-state index in [0.29, 0.717) is 12.8 Å². The molecule has 1 aliphatic carbocycles. The predicted octanol–water partition coefficient (Wildman–Crippen LogP) is 2.62. The molecule has 1 N–H and O–H groups in total. The van der Waals surface area contributed by atoms with Gasteiger partial charge in [0.15, 0.2) is 0 Å². The molecule has 2 aliphatic rings. The summed E-state index contributed by atoms with van der Waals surface area (Å²) < 4.78 is 0. The Morgan fingerprint density at radius 2 is 1.71 bits per heavy atom. The lowest BCUT2D eigenvalue weighted by Gasteiger charge is -2.18. The molecule has 2 atom stereocenters. The quantitative estimate of drug-likeness (QED) is 0.685. The number of hydrogen-bond donors (Lipinski definition) is 1. The molecule has 4 heteroatoms. The molecule has 4 nitrogen and oxygen atoms in total. The highest BCUT2D eigenvalue weighted by molar-refractivity contribution is 6.05. The minimum atomic E-state index is -0.150. The molecule has 0 saturated carbocycles. The normalized spacial score (nSPS) is 24.4. The van der Waals surface area contributed by atoms with Crippen LogP contribution in [0.4, 0.5) is 5.69 Å². The van der Waals surface area contributed by atoms with Gasteiger partial charge in [-0.05, 0) is 43.9 Å². The number of nitrogens with one attached hydrogen (secondary N) is 1. The first-order chi connectivity index (χ1) is 10.1. The fourth-order valence-corrected chi connectivity index (χ4v) is 3.12. The molecular weight excluding hydrogens is 264 g/mol. The monoisotopic (exact) mass is 284 g/mol. The molecule has 2 unspecified atom stereocenters. The van der Waals surface area contributed by atoms with Gasteiger partial charge in [-0.2, -0.15) is 0 Å². The van der Waals surface area contributed by atoms with Crippen molar-refractivity contribution in [2.45, 2.75) is 26.7 Å². The van der Waals surface area contributed by atoms with Crippen LogP contribution < -0.4 is 5.32 Å². The van der Waals surface area contributed by atoms with Gasteiger partial charge >= 0.3 is 0 Å². The van der Waals surface area contributed by atoms with Crippen molar-refractivity contribution in [1.29, 1.82) is 0 Å². The number of nitrogens with zero attached hydrogens (tertiary/aromatic N) is 1. The predicted molar refractivity (Wildman–Crippen MR) is 81.6 cm³/mol. The van der Waals surface area contributed by atoms with E-state index in [9.17, 15) is 9.59 Å². The maximum absolute atomic E-state index is 12.4. The zero-order valence-corrected chi connectivity index (χ0v) is 12.4. The van der Waals surface area contributed by atoms with Crippen molar-refractivity contribution in [2.24, 2.45) is 11.8 Å². The molecule has 1 aliphatic heterocycles. The van der Waals surface area contributed by atoms with Crippen LogP contribution in [0.2, 0.25) is 0 Å². The Labute approximate surface area is 124 Å². The van der Waals surface area contributed by atoms with E-state index in [1.165, 1.54) is 4.90 Å². The fraction of sp³-hybridized carbons (Fsp3) is 0.412. The number of amides is 2. The Morgan fingerprint density at radius 3 is 2.33 bits per heavy atom. The number of hydrogen-bond acceptors (Lipinski definition) is 3. The first-order valence-corrected chi connectivity index (χ1v) is 7.39. The van der Waals surface area contributed by atoms with E-state index in [-0.39, 0.29) is 30.3 Å². The summed E-state index contributed by atoms with van der Waals surface area (Å²) in [5.74, 6) is -0.370. The number of benzene rings is 1. The largest absolute Gasteiger partial charge is 0.367 e. The first-order valence-electron chi connectivity index (χ1n) is 7.39. The van der Waals surface area contributed by atoms with Crippen molar-refractivity contribution in [1.82, 2.24) is 4.90 Å². The third-order valence-electron chi connectivity index (χ3n) is 4.42. The van der Waals surface area contributed by atoms with Crippen LogP contribution in [0.15, 0.2) is 30.4 Å². The highest BCUT2D eigenvalue weighted by atomic mass is 16.2. The van der Waals surface area contributed by atoms with Gasteiger partial charge in [0.25, 0.3) is 0 Å². The van der Waals surface area contributed by atoms with E-state index >= 15 is 0 Å². The van der Waals surface area contributed by atoms with Crippen molar-refractivity contribution in [3.8, 4) is 0 Å². The molecule has 1 heterocycles. The van der Waals surface area contributed by atoms with Crippen LogP contribution in [0.3, 0.4) is 0 Å². The summed E-state index contributed by atoms with van der Waals surface area (Å²) in [7, 11) is 0.